The first-order valence-corrected chi connectivity index (χ1v) is 30.1. The van der Waals surface area contributed by atoms with Crippen molar-refractivity contribution in [1.29, 1.82) is 0 Å². The zero-order valence-corrected chi connectivity index (χ0v) is 45.2. The maximum Gasteiger partial charge on any atom is 0.184 e. The lowest BCUT2D eigenvalue weighted by molar-refractivity contribution is -0.275. The van der Waals surface area contributed by atoms with E-state index in [1.54, 1.807) is 7.11 Å². The first-order valence-electron chi connectivity index (χ1n) is 26.8. The summed E-state index contributed by atoms with van der Waals surface area (Å²) in [5.41, 5.74) is 7.55. The lowest BCUT2D eigenvalue weighted by Crippen LogP contribution is -2.41. The zero-order chi connectivity index (χ0) is 51.9. The van der Waals surface area contributed by atoms with Crippen molar-refractivity contribution in [2.24, 2.45) is 11.8 Å². The van der Waals surface area contributed by atoms with E-state index in [4.69, 9.17) is 37.9 Å². The van der Waals surface area contributed by atoms with Gasteiger partial charge in [0.05, 0.1) is 70.6 Å². The quantitative estimate of drug-likeness (QED) is 0.0501. The molecule has 0 aliphatic carbocycles. The molecule has 394 valence electrons. The van der Waals surface area contributed by atoms with Crippen LogP contribution < -0.4 is 4.74 Å². The Balaban J connectivity index is 0.907. The van der Waals surface area contributed by atoms with Gasteiger partial charge in [-0.05, 0) is 29.7 Å². The summed E-state index contributed by atoms with van der Waals surface area (Å²) in [6.45, 7) is 11.8. The minimum atomic E-state index is -1.76. The molecule has 3 heterocycles. The molecule has 0 bridgehead atoms. The van der Waals surface area contributed by atoms with Crippen LogP contribution in [0.5, 0.6) is 5.75 Å². The van der Waals surface area contributed by atoms with Gasteiger partial charge in [0.2, 0.25) is 0 Å². The summed E-state index contributed by atoms with van der Waals surface area (Å²) in [6, 6.07) is 49.5. The Labute approximate surface area is 441 Å². The third-order valence-corrected chi connectivity index (χ3v) is 16.7. The van der Waals surface area contributed by atoms with Crippen LogP contribution in [0.25, 0.3) is 0 Å². The van der Waals surface area contributed by atoms with Gasteiger partial charge >= 0.3 is 0 Å². The molecule has 5 aromatic carbocycles. The monoisotopic (exact) mass is 1020 g/mol. The third kappa shape index (κ3) is 16.7. The van der Waals surface area contributed by atoms with E-state index in [0.29, 0.717) is 38.2 Å². The van der Waals surface area contributed by atoms with Crippen LogP contribution in [-0.4, -0.2) is 74.9 Å². The predicted octanol–water partition coefficient (Wildman–Crippen LogP) is 13.1. The second kappa shape index (κ2) is 27.1. The fourth-order valence-electron chi connectivity index (χ4n) is 10.5. The summed E-state index contributed by atoms with van der Waals surface area (Å²) in [7, 11) is -0.0904. The fraction of sp³-hybridized carbons (Fsp3) is 0.444. The molecule has 10 nitrogen and oxygen atoms in total. The highest BCUT2D eigenvalue weighted by Crippen LogP contribution is 2.39. The van der Waals surface area contributed by atoms with Crippen LogP contribution in [0, 0.1) is 11.8 Å². The number of benzene rings is 5. The van der Waals surface area contributed by atoms with Gasteiger partial charge in [0, 0.05) is 67.6 Å². The van der Waals surface area contributed by atoms with E-state index in [1.807, 2.05) is 115 Å². The van der Waals surface area contributed by atoms with Crippen LogP contribution in [0.4, 0.5) is 0 Å². The molecular formula is C63H78O10Si. The van der Waals surface area contributed by atoms with E-state index in [2.05, 4.69) is 88.1 Å². The molecule has 0 unspecified atom stereocenters. The molecule has 5 aromatic rings. The summed E-state index contributed by atoms with van der Waals surface area (Å²) >= 11 is 0. The molecule has 0 aromatic heterocycles. The van der Waals surface area contributed by atoms with Crippen LogP contribution in [-0.2, 0) is 50.6 Å². The van der Waals surface area contributed by atoms with Crippen LogP contribution in [0.3, 0.4) is 0 Å². The zero-order valence-electron chi connectivity index (χ0n) is 44.2. The Bertz CT molecular complexity index is 2490. The van der Waals surface area contributed by atoms with Gasteiger partial charge in [-0.25, -0.2) is 0 Å². The molecule has 0 amide bonds. The number of Topliss-reactive ketones (excluding diaryl/α,β-unsaturated/α-hetero) is 1. The molecule has 0 spiro atoms. The maximum absolute atomic E-state index is 13.9. The van der Waals surface area contributed by atoms with Gasteiger partial charge in [0.25, 0.3) is 0 Å². The molecule has 12 atom stereocenters. The Morgan fingerprint density at radius 3 is 1.69 bits per heavy atom. The largest absolute Gasteiger partial charge is 0.497 e. The Kier molecular flexibility index (Phi) is 20.2. The van der Waals surface area contributed by atoms with Crippen molar-refractivity contribution in [1.82, 2.24) is 0 Å². The average Bonchev–Trinajstić information content (AvgIpc) is 3.40. The van der Waals surface area contributed by atoms with Crippen molar-refractivity contribution >= 4 is 13.9 Å². The highest BCUT2D eigenvalue weighted by molar-refractivity contribution is 6.81. The normalized spacial score (nSPS) is 26.0. The smallest absolute Gasteiger partial charge is 0.184 e. The van der Waals surface area contributed by atoms with E-state index in [-0.39, 0.29) is 73.7 Å². The summed E-state index contributed by atoms with van der Waals surface area (Å²) < 4.78 is 51.6. The number of ketones is 1. The number of methoxy groups -OCH3 is 1. The lowest BCUT2D eigenvalue weighted by atomic mass is 9.92. The van der Waals surface area contributed by atoms with Gasteiger partial charge in [-0.1, -0.05) is 197 Å². The van der Waals surface area contributed by atoms with Gasteiger partial charge in [-0.3, -0.25) is 4.79 Å². The van der Waals surface area contributed by atoms with E-state index in [1.165, 1.54) is 5.56 Å². The van der Waals surface area contributed by atoms with Crippen LogP contribution >= 0.6 is 0 Å². The first-order chi connectivity index (χ1) is 35.8. The number of carbonyl (C=O) groups excluding carboxylic acids is 1. The molecule has 3 aliphatic heterocycles. The number of hydrogen-bond acceptors (Lipinski definition) is 10. The van der Waals surface area contributed by atoms with Crippen molar-refractivity contribution in [3.05, 3.63) is 197 Å². The van der Waals surface area contributed by atoms with Crippen molar-refractivity contribution < 1.29 is 47.8 Å². The number of aliphatic hydroxyl groups is 1. The minimum absolute atomic E-state index is 0.00586. The van der Waals surface area contributed by atoms with E-state index < -0.39 is 33.0 Å². The summed E-state index contributed by atoms with van der Waals surface area (Å²) in [5.74, 6) is 1.18. The number of carbonyl (C=O) groups is 1. The summed E-state index contributed by atoms with van der Waals surface area (Å²) in [5, 5.41) is 11.7. The van der Waals surface area contributed by atoms with Gasteiger partial charge in [0.1, 0.15) is 11.5 Å². The summed E-state index contributed by atoms with van der Waals surface area (Å²) in [4.78, 5) is 13.9. The Morgan fingerprint density at radius 2 is 1.12 bits per heavy atom. The second-order valence-corrected chi connectivity index (χ2v) is 26.2. The fourth-order valence-corrected chi connectivity index (χ4v) is 12.6. The van der Waals surface area contributed by atoms with Gasteiger partial charge in [-0.2, -0.15) is 0 Å². The Hall–Kier alpha value is -5.05. The molecule has 3 fully saturated rings. The average molecular weight is 1020 g/mol. The number of ether oxygens (including phenoxy) is 8. The standard InChI is InChI=1S/C63H78O10Si/c1-44(2)60(67-42-46-28-31-53(66-4)32-29-46)45(3)27-30-54-38-58(72-61(68-54)48-21-13-8-14-22-48)41-59-40-57(71-63(73-59)50-25-17-10-18-26-50)37-52(65)35-51(64)36-56-39-55(69-62(70-56)49-23-15-9-16-24-49)33-34-74(5,6)43-47-19-11-7-12-20-47/h7-34,44-45,52,54-63,65H,35-43H2,1-6H3/b30-27+,34-33+/t45-,52+,54-,55-,56+,57-,58-,59-,60-,61-,62-,63-/m0/s1. The highest BCUT2D eigenvalue weighted by atomic mass is 28.3. The topological polar surface area (TPSA) is 111 Å². The van der Waals surface area contributed by atoms with E-state index in [9.17, 15) is 9.90 Å². The van der Waals surface area contributed by atoms with Crippen molar-refractivity contribution in [3.8, 4) is 5.75 Å². The van der Waals surface area contributed by atoms with Crippen molar-refractivity contribution in [2.75, 3.05) is 7.11 Å². The molecule has 74 heavy (non-hydrogen) atoms. The highest BCUT2D eigenvalue weighted by Gasteiger charge is 2.38. The van der Waals surface area contributed by atoms with E-state index in [0.717, 1.165) is 34.0 Å². The molecule has 1 N–H and O–H groups in total. The molecule has 8 rings (SSSR count). The van der Waals surface area contributed by atoms with E-state index >= 15 is 0 Å². The molecule has 3 saturated heterocycles. The number of aliphatic hydroxyl groups excluding tert-OH is 1. The lowest BCUT2D eigenvalue weighted by Gasteiger charge is -2.40. The number of rotatable bonds is 23. The molecular weight excluding hydrogens is 945 g/mol. The number of hydrogen-bond donors (Lipinski definition) is 1. The molecule has 0 radical (unpaired) electrons. The second-order valence-electron chi connectivity index (χ2n) is 21.5. The van der Waals surface area contributed by atoms with Crippen LogP contribution in [0.2, 0.25) is 13.1 Å². The van der Waals surface area contributed by atoms with Crippen LogP contribution in [0.1, 0.15) is 112 Å². The first kappa shape index (κ1) is 55.2. The van der Waals surface area contributed by atoms with Gasteiger partial charge in [0.15, 0.2) is 18.9 Å². The summed E-state index contributed by atoms with van der Waals surface area (Å²) in [6.07, 6.45) is 4.99. The van der Waals surface area contributed by atoms with Crippen molar-refractivity contribution in [2.45, 2.75) is 159 Å². The Morgan fingerprint density at radius 1 is 0.622 bits per heavy atom. The van der Waals surface area contributed by atoms with Gasteiger partial charge in [-0.15, -0.1) is 0 Å². The molecule has 0 saturated carbocycles. The minimum Gasteiger partial charge on any atom is -0.497 e. The predicted molar refractivity (Wildman–Crippen MR) is 292 cm³/mol. The maximum atomic E-state index is 13.9. The van der Waals surface area contributed by atoms with Gasteiger partial charge < -0.3 is 43.0 Å². The van der Waals surface area contributed by atoms with Crippen molar-refractivity contribution in [3.63, 3.8) is 0 Å². The SMILES string of the molecule is COc1ccc(CO[C@@H](C(C)C)[C@@H](C)/C=C/[C@H]2C[C@@H](C[C@@H]3C[C@H](C[C@H](O)CC(=O)C[C@@H]4C[C@H](/C=C/[Si](C)(C)Cc5ccccc5)O[C@H](c5ccccc5)O4)O[C@H](c4ccccc4)O3)O[C@@H](c3ccccc3)O2)cc1. The molecule has 11 heteroatoms. The molecule has 3 aliphatic rings. The third-order valence-electron chi connectivity index (χ3n) is 14.2. The van der Waals surface area contributed by atoms with Crippen LogP contribution in [0.15, 0.2) is 170 Å².